The van der Waals surface area contributed by atoms with E-state index in [1.54, 1.807) is 24.3 Å². The van der Waals surface area contributed by atoms with Gasteiger partial charge in [-0.05, 0) is 12.1 Å². The van der Waals surface area contributed by atoms with Crippen molar-refractivity contribution < 1.29 is 30.5 Å². The second kappa shape index (κ2) is 4.20. The Kier molecular flexibility index (Phi) is 2.97. The monoisotopic (exact) mass is 280 g/mol. The summed E-state index contributed by atoms with van der Waals surface area (Å²) in [7, 11) is -5.65. The summed E-state index contributed by atoms with van der Waals surface area (Å²) >= 11 is 0. The molecule has 2 rings (SSSR count). The van der Waals surface area contributed by atoms with Gasteiger partial charge in [-0.15, -0.1) is 0 Å². The van der Waals surface area contributed by atoms with Crippen LogP contribution in [0.4, 0.5) is 13.2 Å². The van der Waals surface area contributed by atoms with Crippen LogP contribution in [0.15, 0.2) is 30.0 Å². The molecular weight excluding hydrogens is 273 g/mol. The van der Waals surface area contributed by atoms with Gasteiger partial charge >= 0.3 is 15.6 Å². The Morgan fingerprint density at radius 1 is 1.22 bits per heavy atom. The Hall–Kier alpha value is -1.70. The molecule has 0 saturated heterocycles. The maximum atomic E-state index is 12.1. The molecule has 0 radical (unpaired) electrons. The Balaban J connectivity index is 2.26. The number of alkyl halides is 3. The first-order chi connectivity index (χ1) is 8.29. The van der Waals surface area contributed by atoms with Crippen molar-refractivity contribution in [3.63, 3.8) is 0 Å². The zero-order valence-corrected chi connectivity index (χ0v) is 9.59. The fourth-order valence-corrected chi connectivity index (χ4v) is 1.80. The highest BCUT2D eigenvalue weighted by atomic mass is 32.2. The Labute approximate surface area is 101 Å². The molecule has 0 atom stereocenters. The van der Waals surface area contributed by atoms with E-state index in [-0.39, 0.29) is 6.61 Å². The second-order valence-corrected chi connectivity index (χ2v) is 4.96. The molecule has 1 aliphatic rings. The smallest absolute Gasteiger partial charge is 0.485 e. The number of fused-ring (bicyclic) bond motifs is 1. The summed E-state index contributed by atoms with van der Waals surface area (Å²) in [5, 5.41) is 0. The molecule has 4 nitrogen and oxygen atoms in total. The van der Waals surface area contributed by atoms with E-state index >= 15 is 0 Å². The van der Waals surface area contributed by atoms with Crippen LogP contribution in [0.5, 0.6) is 5.75 Å². The Morgan fingerprint density at radius 2 is 1.89 bits per heavy atom. The van der Waals surface area contributed by atoms with Gasteiger partial charge in [0.1, 0.15) is 12.4 Å². The van der Waals surface area contributed by atoms with Crippen LogP contribution in [0, 0.1) is 0 Å². The molecule has 18 heavy (non-hydrogen) atoms. The zero-order chi connectivity index (χ0) is 13.4. The molecule has 1 aromatic carbocycles. The first-order valence-electron chi connectivity index (χ1n) is 4.73. The molecule has 0 bridgehead atoms. The molecule has 0 aliphatic carbocycles. The van der Waals surface area contributed by atoms with Crippen LogP contribution in [-0.4, -0.2) is 20.5 Å². The van der Waals surface area contributed by atoms with Gasteiger partial charge in [0.05, 0.1) is 0 Å². The van der Waals surface area contributed by atoms with Gasteiger partial charge in [0.2, 0.25) is 0 Å². The van der Waals surface area contributed by atoms with Gasteiger partial charge < -0.3 is 8.92 Å². The molecular formula is C10H7F3O4S. The third-order valence-electron chi connectivity index (χ3n) is 2.11. The Bertz CT molecular complexity index is 589. The van der Waals surface area contributed by atoms with Crippen LogP contribution in [0.3, 0.4) is 0 Å². The van der Waals surface area contributed by atoms with E-state index in [1.807, 2.05) is 0 Å². The molecule has 1 aliphatic heterocycles. The van der Waals surface area contributed by atoms with Crippen molar-refractivity contribution in [1.82, 2.24) is 0 Å². The minimum atomic E-state index is -5.65. The van der Waals surface area contributed by atoms with Gasteiger partial charge in [0.25, 0.3) is 0 Å². The topological polar surface area (TPSA) is 52.6 Å². The van der Waals surface area contributed by atoms with Crippen molar-refractivity contribution in [3.05, 3.63) is 35.6 Å². The van der Waals surface area contributed by atoms with E-state index in [2.05, 4.69) is 4.18 Å². The van der Waals surface area contributed by atoms with Crippen molar-refractivity contribution in [2.75, 3.05) is 6.61 Å². The lowest BCUT2D eigenvalue weighted by Crippen LogP contribution is -2.27. The fraction of sp³-hybridized carbons (Fsp3) is 0.200. The quantitative estimate of drug-likeness (QED) is 0.616. The minimum Gasteiger partial charge on any atom is -0.485 e. The SMILES string of the molecule is O=S(=O)(OC1=Cc2ccccc2OC1)C(F)(F)F. The molecule has 0 unspecified atom stereocenters. The summed E-state index contributed by atoms with van der Waals surface area (Å²) in [6, 6.07) is 6.50. The summed E-state index contributed by atoms with van der Waals surface area (Å²) in [6.45, 7) is -0.369. The molecule has 0 N–H and O–H groups in total. The summed E-state index contributed by atoms with van der Waals surface area (Å²) in [6.07, 6.45) is 1.20. The maximum Gasteiger partial charge on any atom is 0.534 e. The van der Waals surface area contributed by atoms with E-state index in [0.717, 1.165) is 0 Å². The first kappa shape index (κ1) is 12.7. The highest BCUT2D eigenvalue weighted by molar-refractivity contribution is 7.87. The molecule has 0 fully saturated rings. The second-order valence-electron chi connectivity index (χ2n) is 3.42. The predicted molar refractivity (Wildman–Crippen MR) is 56.0 cm³/mol. The number of hydrogen-bond donors (Lipinski definition) is 0. The molecule has 1 aromatic rings. The maximum absolute atomic E-state index is 12.1. The van der Waals surface area contributed by atoms with Crippen LogP contribution >= 0.6 is 0 Å². The number of halogens is 3. The lowest BCUT2D eigenvalue weighted by Gasteiger charge is -2.18. The molecule has 1 heterocycles. The molecule has 0 aromatic heterocycles. The number of hydrogen-bond acceptors (Lipinski definition) is 4. The predicted octanol–water partition coefficient (Wildman–Crippen LogP) is 2.29. The van der Waals surface area contributed by atoms with Crippen LogP contribution in [0.1, 0.15) is 5.56 Å². The van der Waals surface area contributed by atoms with Crippen LogP contribution < -0.4 is 4.74 Å². The van der Waals surface area contributed by atoms with Crippen LogP contribution in [0.2, 0.25) is 0 Å². The number of benzene rings is 1. The number of rotatable bonds is 2. The average molecular weight is 280 g/mol. The van der Waals surface area contributed by atoms with Crippen LogP contribution in [0.25, 0.3) is 6.08 Å². The van der Waals surface area contributed by atoms with Gasteiger partial charge in [-0.1, -0.05) is 18.2 Å². The highest BCUT2D eigenvalue weighted by Crippen LogP contribution is 2.31. The normalized spacial score (nSPS) is 15.4. The van der Waals surface area contributed by atoms with Crippen molar-refractivity contribution in [2.24, 2.45) is 0 Å². The fourth-order valence-electron chi connectivity index (χ4n) is 1.33. The highest BCUT2D eigenvalue weighted by Gasteiger charge is 2.49. The van der Waals surface area contributed by atoms with E-state index in [0.29, 0.717) is 11.3 Å². The van der Waals surface area contributed by atoms with Gasteiger partial charge in [0, 0.05) is 5.56 Å². The van der Waals surface area contributed by atoms with Gasteiger partial charge in [-0.25, -0.2) is 0 Å². The van der Waals surface area contributed by atoms with Crippen molar-refractivity contribution in [1.29, 1.82) is 0 Å². The van der Waals surface area contributed by atoms with E-state index in [4.69, 9.17) is 4.74 Å². The van der Waals surface area contributed by atoms with Crippen molar-refractivity contribution in [3.8, 4) is 5.75 Å². The average Bonchev–Trinajstić information content (AvgIpc) is 2.27. The first-order valence-corrected chi connectivity index (χ1v) is 6.13. The van der Waals surface area contributed by atoms with E-state index in [9.17, 15) is 21.6 Å². The summed E-state index contributed by atoms with van der Waals surface area (Å²) in [5.41, 5.74) is -5.00. The molecule has 0 spiro atoms. The standard InChI is InChI=1S/C10H7F3O4S/c11-10(12,13)18(14,15)17-8-5-7-3-1-2-4-9(7)16-6-8/h1-5H,6H2. The lowest BCUT2D eigenvalue weighted by molar-refractivity contribution is -0.0525. The van der Waals surface area contributed by atoms with Crippen molar-refractivity contribution >= 4 is 16.2 Å². The molecule has 0 saturated carbocycles. The summed E-state index contributed by atoms with van der Waals surface area (Å²) < 4.78 is 66.9. The van der Waals surface area contributed by atoms with E-state index < -0.39 is 21.4 Å². The lowest BCUT2D eigenvalue weighted by atomic mass is 10.1. The third kappa shape index (κ3) is 2.42. The van der Waals surface area contributed by atoms with Gasteiger partial charge in [-0.2, -0.15) is 21.6 Å². The summed E-state index contributed by atoms with van der Waals surface area (Å²) in [4.78, 5) is 0. The van der Waals surface area contributed by atoms with Crippen LogP contribution in [-0.2, 0) is 14.3 Å². The van der Waals surface area contributed by atoms with Gasteiger partial charge in [0.15, 0.2) is 5.76 Å². The largest absolute Gasteiger partial charge is 0.534 e. The minimum absolute atomic E-state index is 0.369. The third-order valence-corrected chi connectivity index (χ3v) is 3.11. The molecule has 98 valence electrons. The summed E-state index contributed by atoms with van der Waals surface area (Å²) in [5.74, 6) is 0.0419. The number of ether oxygens (including phenoxy) is 1. The van der Waals surface area contributed by atoms with Gasteiger partial charge in [-0.3, -0.25) is 0 Å². The van der Waals surface area contributed by atoms with Crippen molar-refractivity contribution in [2.45, 2.75) is 5.51 Å². The number of para-hydroxylation sites is 1. The zero-order valence-electron chi connectivity index (χ0n) is 8.77. The Morgan fingerprint density at radius 3 is 2.56 bits per heavy atom. The molecule has 0 amide bonds. The molecule has 8 heteroatoms. The van der Waals surface area contributed by atoms with E-state index in [1.165, 1.54) is 6.08 Å².